The highest BCUT2D eigenvalue weighted by Gasteiger charge is 2.16. The molecule has 1 saturated heterocycles. The highest BCUT2D eigenvalue weighted by atomic mass is 19.1. The minimum Gasteiger partial charge on any atom is -0.496 e. The first-order valence-corrected chi connectivity index (χ1v) is 12.0. The Balaban J connectivity index is 0.000000170. The number of halogens is 1. The molecular weight excluding hydrogens is 463 g/mol. The topological polar surface area (TPSA) is 78.1 Å². The third-order valence-corrected chi connectivity index (χ3v) is 5.98. The van der Waals surface area contributed by atoms with Gasteiger partial charge in [-0.05, 0) is 49.7 Å². The Hall–Kier alpha value is -3.78. The first-order valence-electron chi connectivity index (χ1n) is 12.0. The summed E-state index contributed by atoms with van der Waals surface area (Å²) in [5, 5.41) is 6.06. The number of rotatable bonds is 7. The van der Waals surface area contributed by atoms with E-state index in [4.69, 9.17) is 18.9 Å². The first kappa shape index (κ1) is 25.3. The fourth-order valence-corrected chi connectivity index (χ4v) is 4.01. The Morgan fingerprint density at radius 3 is 2.69 bits per heavy atom. The van der Waals surface area contributed by atoms with Crippen LogP contribution in [0.5, 0.6) is 23.0 Å². The van der Waals surface area contributed by atoms with Gasteiger partial charge < -0.3 is 29.6 Å². The van der Waals surface area contributed by atoms with Crippen LogP contribution in [0.15, 0.2) is 66.7 Å². The molecule has 1 fully saturated rings. The minimum atomic E-state index is -0.528. The van der Waals surface area contributed by atoms with Gasteiger partial charge in [-0.25, -0.2) is 4.39 Å². The summed E-state index contributed by atoms with van der Waals surface area (Å²) in [4.78, 5) is 11.8. The maximum Gasteiger partial charge on any atom is 0.254 e. The molecule has 7 nitrogen and oxygen atoms in total. The molecule has 2 heterocycles. The van der Waals surface area contributed by atoms with Gasteiger partial charge in [0, 0.05) is 30.6 Å². The lowest BCUT2D eigenvalue weighted by molar-refractivity contribution is 0.0946. The first-order chi connectivity index (χ1) is 17.6. The molecule has 0 bridgehead atoms. The number of hydrogen-bond donors (Lipinski definition) is 2. The van der Waals surface area contributed by atoms with Crippen LogP contribution < -0.4 is 29.6 Å². The normalized spacial score (nSPS) is 15.9. The van der Waals surface area contributed by atoms with Gasteiger partial charge in [0.1, 0.15) is 17.3 Å². The Labute approximate surface area is 210 Å². The van der Waals surface area contributed by atoms with Crippen LogP contribution in [0, 0.1) is 11.7 Å². The van der Waals surface area contributed by atoms with Crippen molar-refractivity contribution in [3.63, 3.8) is 0 Å². The number of ether oxygens (including phenoxy) is 4. The van der Waals surface area contributed by atoms with Gasteiger partial charge >= 0.3 is 0 Å². The molecule has 3 aromatic carbocycles. The van der Waals surface area contributed by atoms with E-state index in [0.29, 0.717) is 18.5 Å². The number of para-hydroxylation sites is 1. The summed E-state index contributed by atoms with van der Waals surface area (Å²) in [6, 6.07) is 19.0. The molecule has 2 aliphatic heterocycles. The lowest BCUT2D eigenvalue weighted by atomic mass is 10.0. The van der Waals surface area contributed by atoms with Crippen LogP contribution in [0.2, 0.25) is 0 Å². The van der Waals surface area contributed by atoms with Gasteiger partial charge in [-0.1, -0.05) is 30.3 Å². The Morgan fingerprint density at radius 1 is 1.08 bits per heavy atom. The number of piperidine rings is 1. The second-order valence-electron chi connectivity index (χ2n) is 8.51. The number of methoxy groups -OCH3 is 1. The molecule has 2 N–H and O–H groups in total. The predicted molar refractivity (Wildman–Crippen MR) is 134 cm³/mol. The van der Waals surface area contributed by atoms with Crippen molar-refractivity contribution in [3.8, 4) is 23.0 Å². The number of carbonyl (C=O) groups excluding carboxylic acids is 1. The fourth-order valence-electron chi connectivity index (χ4n) is 4.01. The molecular formula is C28H31FN2O5. The van der Waals surface area contributed by atoms with Crippen molar-refractivity contribution >= 4 is 5.91 Å². The zero-order chi connectivity index (χ0) is 25.2. The highest BCUT2D eigenvalue weighted by molar-refractivity contribution is 5.94. The zero-order valence-electron chi connectivity index (χ0n) is 20.3. The van der Waals surface area contributed by atoms with Crippen LogP contribution in [0.25, 0.3) is 0 Å². The van der Waals surface area contributed by atoms with Crippen LogP contribution in [0.3, 0.4) is 0 Å². The molecule has 0 spiro atoms. The van der Waals surface area contributed by atoms with Crippen LogP contribution in [0.4, 0.5) is 4.39 Å². The molecule has 3 aromatic rings. The molecule has 5 rings (SSSR count). The smallest absolute Gasteiger partial charge is 0.254 e. The summed E-state index contributed by atoms with van der Waals surface area (Å²) >= 11 is 0. The number of nitrogens with one attached hydrogen (secondary N) is 2. The number of amides is 1. The number of carbonyl (C=O) groups is 1. The fraction of sp³-hybridized carbons (Fsp3) is 0.321. The Kier molecular flexibility index (Phi) is 8.99. The summed E-state index contributed by atoms with van der Waals surface area (Å²) in [5.74, 6) is 2.79. The third-order valence-electron chi connectivity index (χ3n) is 5.98. The molecule has 1 amide bonds. The van der Waals surface area contributed by atoms with Crippen molar-refractivity contribution in [2.24, 2.45) is 5.92 Å². The summed E-state index contributed by atoms with van der Waals surface area (Å²) in [5.41, 5.74) is 0.882. The second kappa shape index (κ2) is 12.8. The van der Waals surface area contributed by atoms with Crippen LogP contribution in [-0.4, -0.2) is 39.5 Å². The second-order valence-corrected chi connectivity index (χ2v) is 8.51. The van der Waals surface area contributed by atoms with E-state index >= 15 is 0 Å². The van der Waals surface area contributed by atoms with Crippen LogP contribution >= 0.6 is 0 Å². The van der Waals surface area contributed by atoms with Crippen molar-refractivity contribution < 1.29 is 28.1 Å². The molecule has 36 heavy (non-hydrogen) atoms. The number of fused-ring (bicyclic) bond motifs is 1. The predicted octanol–water partition coefficient (Wildman–Crippen LogP) is 4.56. The van der Waals surface area contributed by atoms with Crippen molar-refractivity contribution in [3.05, 3.63) is 83.7 Å². The van der Waals surface area contributed by atoms with Gasteiger partial charge in [-0.15, -0.1) is 0 Å². The van der Waals surface area contributed by atoms with E-state index in [1.807, 2.05) is 42.5 Å². The van der Waals surface area contributed by atoms with Crippen LogP contribution in [0.1, 0.15) is 28.8 Å². The molecule has 190 valence electrons. The molecule has 1 atom stereocenters. The Bertz CT molecular complexity index is 1150. The van der Waals surface area contributed by atoms with E-state index in [1.165, 1.54) is 25.0 Å². The van der Waals surface area contributed by atoms with Gasteiger partial charge in [-0.3, -0.25) is 4.79 Å². The lowest BCUT2D eigenvalue weighted by Crippen LogP contribution is -2.33. The molecule has 0 radical (unpaired) electrons. The maximum atomic E-state index is 13.4. The quantitative estimate of drug-likeness (QED) is 0.502. The summed E-state index contributed by atoms with van der Waals surface area (Å²) in [6.45, 7) is 3.57. The molecule has 8 heteroatoms. The number of benzene rings is 3. The number of hydrogen-bond acceptors (Lipinski definition) is 6. The monoisotopic (exact) mass is 494 g/mol. The van der Waals surface area contributed by atoms with Crippen molar-refractivity contribution in [2.75, 3.05) is 33.6 Å². The standard InChI is InChI=1S/C15H14FNO2.C13H17NO3/c1-19-14-9-5-2-6-11(14)10-17-15(18)12-7-3-4-8-13(12)16;1-2-10(7-14-5-1)8-15-11-3-4-12-13(6-11)17-9-16-12/h2-9H,10H2,1H3,(H,17,18);3-4,6,10,14H,1-2,5,7-9H2. The van der Waals surface area contributed by atoms with Gasteiger partial charge in [0.05, 0.1) is 19.3 Å². The summed E-state index contributed by atoms with van der Waals surface area (Å²) < 4.78 is 35.0. The Morgan fingerprint density at radius 2 is 1.89 bits per heavy atom. The average molecular weight is 495 g/mol. The molecule has 2 aliphatic rings. The SMILES string of the molecule is COc1ccccc1CNC(=O)c1ccccc1F.c1cc2c(cc1OCC1CCCNC1)OCO2. The zero-order valence-corrected chi connectivity index (χ0v) is 20.3. The van der Waals surface area contributed by atoms with Gasteiger partial charge in [0.25, 0.3) is 5.91 Å². The highest BCUT2D eigenvalue weighted by Crippen LogP contribution is 2.35. The summed E-state index contributed by atoms with van der Waals surface area (Å²) in [6.07, 6.45) is 2.49. The van der Waals surface area contributed by atoms with Crippen molar-refractivity contribution in [1.29, 1.82) is 0 Å². The van der Waals surface area contributed by atoms with E-state index < -0.39 is 11.7 Å². The summed E-state index contributed by atoms with van der Waals surface area (Å²) in [7, 11) is 1.57. The van der Waals surface area contributed by atoms with Gasteiger partial charge in [-0.2, -0.15) is 0 Å². The van der Waals surface area contributed by atoms with Gasteiger partial charge in [0.2, 0.25) is 6.79 Å². The van der Waals surface area contributed by atoms with E-state index in [9.17, 15) is 9.18 Å². The largest absolute Gasteiger partial charge is 0.496 e. The van der Waals surface area contributed by atoms with E-state index in [0.717, 1.165) is 42.5 Å². The third kappa shape index (κ3) is 6.88. The molecule has 1 unspecified atom stereocenters. The van der Waals surface area contributed by atoms with E-state index in [-0.39, 0.29) is 12.1 Å². The van der Waals surface area contributed by atoms with E-state index in [2.05, 4.69) is 10.6 Å². The van der Waals surface area contributed by atoms with Crippen LogP contribution in [-0.2, 0) is 6.54 Å². The molecule has 0 aromatic heterocycles. The van der Waals surface area contributed by atoms with Crippen molar-refractivity contribution in [1.82, 2.24) is 10.6 Å². The molecule has 0 aliphatic carbocycles. The minimum absolute atomic E-state index is 0.0393. The average Bonchev–Trinajstić information content (AvgIpc) is 3.40. The van der Waals surface area contributed by atoms with Gasteiger partial charge in [0.15, 0.2) is 11.5 Å². The van der Waals surface area contributed by atoms with E-state index in [1.54, 1.807) is 19.2 Å². The van der Waals surface area contributed by atoms with Crippen molar-refractivity contribution in [2.45, 2.75) is 19.4 Å². The molecule has 0 saturated carbocycles. The lowest BCUT2D eigenvalue weighted by Gasteiger charge is -2.22. The maximum absolute atomic E-state index is 13.4.